The summed E-state index contributed by atoms with van der Waals surface area (Å²) in [5.41, 5.74) is 1.14. The van der Waals surface area contributed by atoms with Crippen LogP contribution in [0, 0.1) is 23.3 Å². The first-order valence-electron chi connectivity index (χ1n) is 10.9. The maximum atomic E-state index is 15.3. The van der Waals surface area contributed by atoms with Crippen LogP contribution >= 0.6 is 0 Å². The molecule has 0 amide bonds. The molecule has 4 aromatic carbocycles. The molecule has 0 N–H and O–H groups in total. The van der Waals surface area contributed by atoms with E-state index in [1.807, 2.05) is 12.1 Å². The van der Waals surface area contributed by atoms with Crippen molar-refractivity contribution in [3.8, 4) is 22.3 Å². The molecule has 0 saturated heterocycles. The summed E-state index contributed by atoms with van der Waals surface area (Å²) in [6, 6.07) is 16.2. The minimum Gasteiger partial charge on any atom is -0.207 e. The highest BCUT2D eigenvalue weighted by molar-refractivity contribution is 5.89. The van der Waals surface area contributed by atoms with Gasteiger partial charge in [-0.3, -0.25) is 0 Å². The molecule has 4 rings (SSSR count). The molecule has 0 nitrogen and oxygen atoms in total. The second-order valence-electron chi connectivity index (χ2n) is 8.12. The molecular formula is C28H24F4. The standard InChI is InChI=1S/C28H24F4/c1-2-3-4-5-7-18-10-12-23-19(14-18)11-13-24(28(23)32)21-16-25(30)27(26(31)17-21)20-8-6-9-22(29)15-20/h6,8-17H,2-5,7H2,1H3. The minimum absolute atomic E-state index is 0.0944. The van der Waals surface area contributed by atoms with Gasteiger partial charge < -0.3 is 0 Å². The van der Waals surface area contributed by atoms with Crippen LogP contribution in [0.5, 0.6) is 0 Å². The summed E-state index contributed by atoms with van der Waals surface area (Å²) in [6.45, 7) is 2.17. The summed E-state index contributed by atoms with van der Waals surface area (Å²) < 4.78 is 58.4. The normalized spacial score (nSPS) is 11.3. The van der Waals surface area contributed by atoms with Crippen molar-refractivity contribution in [2.75, 3.05) is 0 Å². The zero-order chi connectivity index (χ0) is 22.7. The predicted molar refractivity (Wildman–Crippen MR) is 122 cm³/mol. The minimum atomic E-state index is -0.868. The molecule has 0 spiro atoms. The number of aryl methyl sites for hydroxylation is 1. The lowest BCUT2D eigenvalue weighted by Crippen LogP contribution is -1.95. The van der Waals surface area contributed by atoms with Crippen molar-refractivity contribution in [1.82, 2.24) is 0 Å². The lowest BCUT2D eigenvalue weighted by Gasteiger charge is -2.12. The monoisotopic (exact) mass is 436 g/mol. The first-order chi connectivity index (χ1) is 15.5. The number of hydrogen-bond donors (Lipinski definition) is 0. The van der Waals surface area contributed by atoms with E-state index in [1.165, 1.54) is 37.5 Å². The van der Waals surface area contributed by atoms with Crippen molar-refractivity contribution in [2.45, 2.75) is 39.0 Å². The van der Waals surface area contributed by atoms with E-state index < -0.39 is 23.3 Å². The smallest absolute Gasteiger partial charge is 0.138 e. The van der Waals surface area contributed by atoms with Crippen molar-refractivity contribution in [3.05, 3.63) is 95.6 Å². The van der Waals surface area contributed by atoms with E-state index in [0.29, 0.717) is 5.39 Å². The summed E-state index contributed by atoms with van der Waals surface area (Å²) in [4.78, 5) is 0. The second-order valence-corrected chi connectivity index (χ2v) is 8.12. The molecule has 0 saturated carbocycles. The first kappa shape index (κ1) is 22.1. The summed E-state index contributed by atoms with van der Waals surface area (Å²) in [6.07, 6.45) is 5.59. The Morgan fingerprint density at radius 1 is 0.688 bits per heavy atom. The van der Waals surface area contributed by atoms with Crippen LogP contribution < -0.4 is 0 Å². The third-order valence-electron chi connectivity index (χ3n) is 5.80. The maximum absolute atomic E-state index is 15.3. The zero-order valence-corrected chi connectivity index (χ0v) is 17.9. The number of fused-ring (bicyclic) bond motifs is 1. The average Bonchev–Trinajstić information content (AvgIpc) is 2.76. The summed E-state index contributed by atoms with van der Waals surface area (Å²) in [7, 11) is 0. The van der Waals surface area contributed by atoms with E-state index >= 15 is 4.39 Å². The van der Waals surface area contributed by atoms with Crippen molar-refractivity contribution in [1.29, 1.82) is 0 Å². The van der Waals surface area contributed by atoms with Crippen molar-refractivity contribution in [2.24, 2.45) is 0 Å². The highest BCUT2D eigenvalue weighted by Crippen LogP contribution is 2.34. The zero-order valence-electron chi connectivity index (χ0n) is 17.9. The Labute approximate surface area is 185 Å². The Hall–Kier alpha value is -3.14. The quantitative estimate of drug-likeness (QED) is 0.200. The number of hydrogen-bond acceptors (Lipinski definition) is 0. The largest absolute Gasteiger partial charge is 0.207 e. The Kier molecular flexibility index (Phi) is 6.59. The van der Waals surface area contributed by atoms with Crippen LogP contribution in [0.15, 0.2) is 66.7 Å². The number of benzene rings is 4. The van der Waals surface area contributed by atoms with Crippen LogP contribution in [-0.2, 0) is 6.42 Å². The molecule has 4 aromatic rings. The van der Waals surface area contributed by atoms with Crippen LogP contribution in [0.25, 0.3) is 33.0 Å². The molecule has 0 aliphatic carbocycles. The van der Waals surface area contributed by atoms with Crippen LogP contribution in [0.4, 0.5) is 17.6 Å². The van der Waals surface area contributed by atoms with Gasteiger partial charge in [-0.05, 0) is 59.2 Å². The van der Waals surface area contributed by atoms with Crippen LogP contribution in [0.3, 0.4) is 0 Å². The lowest BCUT2D eigenvalue weighted by atomic mass is 9.95. The summed E-state index contributed by atoms with van der Waals surface area (Å²) in [5.74, 6) is -2.84. The van der Waals surface area contributed by atoms with Crippen molar-refractivity contribution in [3.63, 3.8) is 0 Å². The van der Waals surface area contributed by atoms with Crippen molar-refractivity contribution >= 4 is 10.8 Å². The van der Waals surface area contributed by atoms with E-state index in [-0.39, 0.29) is 22.3 Å². The Bertz CT molecular complexity index is 1240. The fraction of sp³-hybridized carbons (Fsp3) is 0.214. The summed E-state index contributed by atoms with van der Waals surface area (Å²) in [5, 5.41) is 1.17. The molecule has 0 bridgehead atoms. The maximum Gasteiger partial charge on any atom is 0.138 e. The molecular weight excluding hydrogens is 412 g/mol. The molecule has 0 unspecified atom stereocenters. The van der Waals surface area contributed by atoms with E-state index in [4.69, 9.17) is 0 Å². The average molecular weight is 436 g/mol. The van der Waals surface area contributed by atoms with E-state index in [2.05, 4.69) is 6.92 Å². The van der Waals surface area contributed by atoms with Gasteiger partial charge in [0.05, 0.1) is 5.56 Å². The van der Waals surface area contributed by atoms with Crippen LogP contribution in [-0.4, -0.2) is 0 Å². The topological polar surface area (TPSA) is 0 Å². The van der Waals surface area contributed by atoms with Gasteiger partial charge in [-0.1, -0.05) is 68.7 Å². The van der Waals surface area contributed by atoms with Gasteiger partial charge in [0, 0.05) is 10.9 Å². The second kappa shape index (κ2) is 9.56. The molecule has 0 fully saturated rings. The van der Waals surface area contributed by atoms with E-state index in [0.717, 1.165) is 42.0 Å². The fourth-order valence-electron chi connectivity index (χ4n) is 4.12. The molecule has 0 radical (unpaired) electrons. The van der Waals surface area contributed by atoms with Gasteiger partial charge in [0.1, 0.15) is 23.3 Å². The van der Waals surface area contributed by atoms with Crippen LogP contribution in [0.2, 0.25) is 0 Å². The van der Waals surface area contributed by atoms with Gasteiger partial charge >= 0.3 is 0 Å². The van der Waals surface area contributed by atoms with E-state index in [1.54, 1.807) is 18.2 Å². The molecule has 0 atom stereocenters. The molecule has 0 heterocycles. The highest BCUT2D eigenvalue weighted by Gasteiger charge is 2.17. The first-order valence-corrected chi connectivity index (χ1v) is 10.9. The van der Waals surface area contributed by atoms with E-state index in [9.17, 15) is 13.2 Å². The molecule has 4 heteroatoms. The number of unbranched alkanes of at least 4 members (excludes halogenated alkanes) is 3. The number of rotatable bonds is 7. The SMILES string of the molecule is CCCCCCc1ccc2c(F)c(-c3cc(F)c(-c4cccc(F)c4)c(F)c3)ccc2c1. The Morgan fingerprint density at radius 3 is 2.19 bits per heavy atom. The van der Waals surface area contributed by atoms with Crippen molar-refractivity contribution < 1.29 is 17.6 Å². The van der Waals surface area contributed by atoms with Gasteiger partial charge in [-0.2, -0.15) is 0 Å². The molecule has 0 aromatic heterocycles. The third kappa shape index (κ3) is 4.55. The number of halogens is 4. The lowest BCUT2D eigenvalue weighted by molar-refractivity contribution is 0.589. The van der Waals surface area contributed by atoms with Gasteiger partial charge in [0.15, 0.2) is 0 Å². The third-order valence-corrected chi connectivity index (χ3v) is 5.80. The highest BCUT2D eigenvalue weighted by atomic mass is 19.1. The Balaban J connectivity index is 1.68. The van der Waals surface area contributed by atoms with Gasteiger partial charge in [-0.15, -0.1) is 0 Å². The molecule has 0 aliphatic rings. The summed E-state index contributed by atoms with van der Waals surface area (Å²) >= 11 is 0. The van der Waals surface area contributed by atoms with Gasteiger partial charge in [0.25, 0.3) is 0 Å². The Morgan fingerprint density at radius 2 is 1.47 bits per heavy atom. The van der Waals surface area contributed by atoms with Gasteiger partial charge in [-0.25, -0.2) is 17.6 Å². The molecule has 32 heavy (non-hydrogen) atoms. The van der Waals surface area contributed by atoms with Gasteiger partial charge in [0.2, 0.25) is 0 Å². The molecule has 164 valence electrons. The van der Waals surface area contributed by atoms with Crippen LogP contribution in [0.1, 0.15) is 38.2 Å². The predicted octanol–water partition coefficient (Wildman–Crippen LogP) is 8.85. The fourth-order valence-corrected chi connectivity index (χ4v) is 4.12. The molecule has 0 aliphatic heterocycles.